The SMILES string of the molecule is CN(C(=O)C(N)C(=O)O)c1cccs1. The van der Waals surface area contributed by atoms with Crippen LogP contribution in [0.3, 0.4) is 0 Å². The smallest absolute Gasteiger partial charge is 0.330 e. The van der Waals surface area contributed by atoms with Gasteiger partial charge in [0.1, 0.15) is 0 Å². The highest BCUT2D eigenvalue weighted by atomic mass is 32.1. The average Bonchev–Trinajstić information content (AvgIpc) is 2.67. The van der Waals surface area contributed by atoms with Gasteiger partial charge in [0.05, 0.1) is 5.00 Å². The molecule has 5 nitrogen and oxygen atoms in total. The number of carboxylic acids is 1. The molecule has 0 saturated carbocycles. The lowest BCUT2D eigenvalue weighted by atomic mass is 10.3. The second-order valence-corrected chi connectivity index (χ2v) is 3.59. The van der Waals surface area contributed by atoms with Gasteiger partial charge in [-0.3, -0.25) is 4.79 Å². The van der Waals surface area contributed by atoms with Crippen molar-refractivity contribution >= 4 is 28.2 Å². The van der Waals surface area contributed by atoms with Crippen molar-refractivity contribution in [2.24, 2.45) is 5.73 Å². The third-order valence-corrected chi connectivity index (χ3v) is 2.64. The van der Waals surface area contributed by atoms with E-state index in [2.05, 4.69) is 0 Å². The van der Waals surface area contributed by atoms with Gasteiger partial charge in [0.15, 0.2) is 6.04 Å². The van der Waals surface area contributed by atoms with Crippen LogP contribution in [0.5, 0.6) is 0 Å². The molecule has 0 fully saturated rings. The number of carbonyl (C=O) groups excluding carboxylic acids is 1. The van der Waals surface area contributed by atoms with Gasteiger partial charge in [-0.1, -0.05) is 0 Å². The van der Waals surface area contributed by atoms with Crippen LogP contribution in [0.1, 0.15) is 0 Å². The highest BCUT2D eigenvalue weighted by Crippen LogP contribution is 2.19. The van der Waals surface area contributed by atoms with Gasteiger partial charge in [0.2, 0.25) is 0 Å². The van der Waals surface area contributed by atoms with E-state index in [1.807, 2.05) is 0 Å². The van der Waals surface area contributed by atoms with E-state index in [4.69, 9.17) is 10.8 Å². The Kier molecular flexibility index (Phi) is 3.21. The van der Waals surface area contributed by atoms with Crippen molar-refractivity contribution in [3.8, 4) is 0 Å². The molecule has 0 aliphatic carbocycles. The highest BCUT2D eigenvalue weighted by Gasteiger charge is 2.25. The van der Waals surface area contributed by atoms with Gasteiger partial charge in [0, 0.05) is 7.05 Å². The molecule has 0 aromatic carbocycles. The molecule has 0 saturated heterocycles. The average molecular weight is 214 g/mol. The highest BCUT2D eigenvalue weighted by molar-refractivity contribution is 7.14. The van der Waals surface area contributed by atoms with Crippen LogP contribution in [0.2, 0.25) is 0 Å². The summed E-state index contributed by atoms with van der Waals surface area (Å²) < 4.78 is 0. The van der Waals surface area contributed by atoms with E-state index in [1.54, 1.807) is 17.5 Å². The van der Waals surface area contributed by atoms with Gasteiger partial charge in [-0.2, -0.15) is 0 Å². The molecule has 1 atom stereocenters. The lowest BCUT2D eigenvalue weighted by Crippen LogP contribution is -2.46. The molecule has 0 spiro atoms. The van der Waals surface area contributed by atoms with E-state index in [0.29, 0.717) is 5.00 Å². The molecule has 76 valence electrons. The molecule has 0 radical (unpaired) electrons. The van der Waals surface area contributed by atoms with Crippen molar-refractivity contribution in [1.29, 1.82) is 0 Å². The first kappa shape index (κ1) is 10.7. The molecule has 1 rings (SSSR count). The van der Waals surface area contributed by atoms with Crippen LogP contribution in [0.15, 0.2) is 17.5 Å². The van der Waals surface area contributed by atoms with Crippen LogP contribution in [0.4, 0.5) is 5.00 Å². The van der Waals surface area contributed by atoms with Crippen molar-refractivity contribution in [2.75, 3.05) is 11.9 Å². The molecule has 0 aliphatic heterocycles. The summed E-state index contributed by atoms with van der Waals surface area (Å²) in [7, 11) is 1.50. The fraction of sp³-hybridized carbons (Fsp3) is 0.250. The predicted octanol–water partition coefficient (Wildman–Crippen LogP) is 0.123. The fourth-order valence-electron chi connectivity index (χ4n) is 0.884. The van der Waals surface area contributed by atoms with Gasteiger partial charge < -0.3 is 15.7 Å². The number of hydrogen-bond donors (Lipinski definition) is 2. The van der Waals surface area contributed by atoms with Gasteiger partial charge in [0.25, 0.3) is 5.91 Å². The number of amides is 1. The van der Waals surface area contributed by atoms with E-state index < -0.39 is 17.9 Å². The summed E-state index contributed by atoms with van der Waals surface area (Å²) in [4.78, 5) is 23.1. The zero-order chi connectivity index (χ0) is 10.7. The Labute approximate surface area is 84.7 Å². The number of carboxylic acid groups (broad SMARTS) is 1. The number of nitrogens with zero attached hydrogens (tertiary/aromatic N) is 1. The molecule has 1 aromatic heterocycles. The molecule has 1 amide bonds. The van der Waals surface area contributed by atoms with Crippen molar-refractivity contribution in [3.63, 3.8) is 0 Å². The number of thiophene rings is 1. The van der Waals surface area contributed by atoms with E-state index in [9.17, 15) is 9.59 Å². The first-order chi connectivity index (χ1) is 6.54. The van der Waals surface area contributed by atoms with Crippen LogP contribution in [-0.2, 0) is 9.59 Å². The molecule has 3 N–H and O–H groups in total. The number of rotatable bonds is 3. The largest absolute Gasteiger partial charge is 0.480 e. The van der Waals surface area contributed by atoms with Crippen LogP contribution in [0, 0.1) is 0 Å². The van der Waals surface area contributed by atoms with Crippen LogP contribution in [-0.4, -0.2) is 30.1 Å². The zero-order valence-corrected chi connectivity index (χ0v) is 8.32. The normalized spacial score (nSPS) is 12.1. The summed E-state index contributed by atoms with van der Waals surface area (Å²) in [5.41, 5.74) is 5.18. The number of hydrogen-bond acceptors (Lipinski definition) is 4. The standard InChI is InChI=1S/C8H10N2O3S/c1-10(5-3-2-4-14-5)7(11)6(9)8(12)13/h2-4,6H,9H2,1H3,(H,12,13). The molecular formula is C8H10N2O3S. The number of nitrogens with two attached hydrogens (primary N) is 1. The minimum atomic E-state index is -1.50. The molecular weight excluding hydrogens is 204 g/mol. The summed E-state index contributed by atoms with van der Waals surface area (Å²) in [5.74, 6) is -1.95. The Hall–Kier alpha value is -1.40. The molecule has 6 heteroatoms. The quantitative estimate of drug-likeness (QED) is 0.700. The molecule has 1 aromatic rings. The summed E-state index contributed by atoms with van der Waals surface area (Å²) in [6.07, 6.45) is 0. The molecule has 0 bridgehead atoms. The number of carbonyl (C=O) groups is 2. The molecule has 1 heterocycles. The number of aliphatic carboxylic acids is 1. The van der Waals surface area contributed by atoms with Crippen LogP contribution >= 0.6 is 11.3 Å². The summed E-state index contributed by atoms with van der Waals surface area (Å²) in [6, 6.07) is 2.00. The molecule has 0 aliphatic rings. The maximum atomic E-state index is 11.4. The van der Waals surface area contributed by atoms with E-state index in [0.717, 1.165) is 0 Å². The maximum Gasteiger partial charge on any atom is 0.330 e. The third-order valence-electron chi connectivity index (χ3n) is 1.70. The zero-order valence-electron chi connectivity index (χ0n) is 7.51. The van der Waals surface area contributed by atoms with Crippen molar-refractivity contribution in [2.45, 2.75) is 6.04 Å². The molecule has 14 heavy (non-hydrogen) atoms. The molecule has 1 unspecified atom stereocenters. The lowest BCUT2D eigenvalue weighted by molar-refractivity contribution is -0.142. The number of anilines is 1. The summed E-state index contributed by atoms with van der Waals surface area (Å²) in [6.45, 7) is 0. The van der Waals surface area contributed by atoms with Crippen molar-refractivity contribution in [1.82, 2.24) is 0 Å². The van der Waals surface area contributed by atoms with Crippen LogP contribution in [0.25, 0.3) is 0 Å². The second kappa shape index (κ2) is 4.21. The Morgan fingerprint density at radius 1 is 1.64 bits per heavy atom. The number of likely N-dealkylation sites (N-methyl/N-ethyl adjacent to an activating group) is 1. The maximum absolute atomic E-state index is 11.4. The van der Waals surface area contributed by atoms with Crippen molar-refractivity contribution < 1.29 is 14.7 Å². The lowest BCUT2D eigenvalue weighted by Gasteiger charge is -2.16. The first-order valence-electron chi connectivity index (χ1n) is 3.83. The van der Waals surface area contributed by atoms with Crippen LogP contribution < -0.4 is 10.6 Å². The fourth-order valence-corrected chi connectivity index (χ4v) is 1.59. The summed E-state index contributed by atoms with van der Waals surface area (Å²) >= 11 is 1.35. The minimum absolute atomic E-state index is 0.625. The van der Waals surface area contributed by atoms with E-state index in [1.165, 1.54) is 23.3 Å². The van der Waals surface area contributed by atoms with Crippen molar-refractivity contribution in [3.05, 3.63) is 17.5 Å². The Morgan fingerprint density at radius 3 is 2.71 bits per heavy atom. The van der Waals surface area contributed by atoms with Gasteiger partial charge in [-0.25, -0.2) is 4.79 Å². The Morgan fingerprint density at radius 2 is 2.29 bits per heavy atom. The third kappa shape index (κ3) is 2.09. The van der Waals surface area contributed by atoms with E-state index >= 15 is 0 Å². The minimum Gasteiger partial charge on any atom is -0.480 e. The van der Waals surface area contributed by atoms with Gasteiger partial charge in [-0.15, -0.1) is 11.3 Å². The first-order valence-corrected chi connectivity index (χ1v) is 4.71. The topological polar surface area (TPSA) is 83.6 Å². The Bertz CT molecular complexity index is 336. The van der Waals surface area contributed by atoms with Gasteiger partial charge >= 0.3 is 5.97 Å². The summed E-state index contributed by atoms with van der Waals surface area (Å²) in [5, 5.41) is 11.0. The monoisotopic (exact) mass is 214 g/mol. The van der Waals surface area contributed by atoms with Gasteiger partial charge in [-0.05, 0) is 17.5 Å². The second-order valence-electron chi connectivity index (χ2n) is 2.66. The van der Waals surface area contributed by atoms with E-state index in [-0.39, 0.29) is 0 Å². The Balaban J connectivity index is 2.76. The predicted molar refractivity (Wildman–Crippen MR) is 53.3 cm³/mol.